The monoisotopic (exact) mass is 339 g/mol. The van der Waals surface area contributed by atoms with Gasteiger partial charge in [0, 0.05) is 12.1 Å². The summed E-state index contributed by atoms with van der Waals surface area (Å²) in [6, 6.07) is 11.6. The molecule has 130 valence electrons. The van der Waals surface area contributed by atoms with Gasteiger partial charge in [-0.25, -0.2) is 0 Å². The maximum atomic E-state index is 13.1. The average Bonchev–Trinajstić information content (AvgIpc) is 3.42. The molecule has 0 saturated heterocycles. The lowest BCUT2D eigenvalue weighted by molar-refractivity contribution is 0.0683. The second-order valence-electron chi connectivity index (χ2n) is 6.52. The highest BCUT2D eigenvalue weighted by Crippen LogP contribution is 2.58. The Kier molecular flexibility index (Phi) is 3.60. The van der Waals surface area contributed by atoms with Crippen molar-refractivity contribution in [2.75, 3.05) is 21.3 Å². The van der Waals surface area contributed by atoms with Crippen molar-refractivity contribution in [1.29, 1.82) is 0 Å². The van der Waals surface area contributed by atoms with Gasteiger partial charge >= 0.3 is 0 Å². The molecule has 2 aliphatic rings. The third-order valence-electron chi connectivity index (χ3n) is 5.24. The van der Waals surface area contributed by atoms with Gasteiger partial charge in [-0.15, -0.1) is 0 Å². The third kappa shape index (κ3) is 2.34. The van der Waals surface area contributed by atoms with Gasteiger partial charge in [-0.3, -0.25) is 4.79 Å². The highest BCUT2D eigenvalue weighted by Gasteiger charge is 2.58. The number of rotatable bonds is 5. The summed E-state index contributed by atoms with van der Waals surface area (Å²) in [6.07, 6.45) is 1.97. The molecule has 4 rings (SSSR count). The predicted molar refractivity (Wildman–Crippen MR) is 93.3 cm³/mol. The molecule has 1 saturated carbocycles. The fourth-order valence-corrected chi connectivity index (χ4v) is 3.72. The Hall–Kier alpha value is -2.69. The minimum Gasteiger partial charge on any atom is -0.497 e. The van der Waals surface area contributed by atoms with Gasteiger partial charge < -0.3 is 19.1 Å². The summed E-state index contributed by atoms with van der Waals surface area (Å²) in [5.74, 6) is 2.14. The fourth-order valence-electron chi connectivity index (χ4n) is 3.72. The fraction of sp³-hybridized carbons (Fsp3) is 0.350. The first-order chi connectivity index (χ1) is 12.1. The molecule has 1 spiro atoms. The molecule has 5 nitrogen and oxygen atoms in total. The summed E-state index contributed by atoms with van der Waals surface area (Å²) in [4.78, 5) is 15.0. The Morgan fingerprint density at radius 3 is 2.16 bits per heavy atom. The predicted octanol–water partition coefficient (Wildman–Crippen LogP) is 3.36. The van der Waals surface area contributed by atoms with Gasteiger partial charge in [-0.05, 0) is 48.2 Å². The van der Waals surface area contributed by atoms with E-state index in [1.807, 2.05) is 41.3 Å². The van der Waals surface area contributed by atoms with Crippen molar-refractivity contribution >= 4 is 5.91 Å². The van der Waals surface area contributed by atoms with E-state index in [1.165, 1.54) is 0 Å². The SMILES string of the molecule is COc1ccc(CN2C(=O)c3cc(OC)c(OC)cc3C23CC3)cc1. The number of fused-ring (bicyclic) bond motifs is 2. The molecule has 1 aliphatic heterocycles. The van der Waals surface area contributed by atoms with Gasteiger partial charge in [0.05, 0.1) is 26.9 Å². The van der Waals surface area contributed by atoms with E-state index in [1.54, 1.807) is 21.3 Å². The van der Waals surface area contributed by atoms with Crippen molar-refractivity contribution in [3.63, 3.8) is 0 Å². The summed E-state index contributed by atoms with van der Waals surface area (Å²) in [5.41, 5.74) is 2.69. The molecule has 1 aliphatic carbocycles. The van der Waals surface area contributed by atoms with Crippen LogP contribution in [0.5, 0.6) is 17.2 Å². The molecule has 1 fully saturated rings. The molecule has 1 amide bonds. The van der Waals surface area contributed by atoms with Crippen LogP contribution in [0.3, 0.4) is 0 Å². The van der Waals surface area contributed by atoms with Gasteiger partial charge in [-0.1, -0.05) is 12.1 Å². The molecule has 0 aromatic heterocycles. The van der Waals surface area contributed by atoms with Gasteiger partial charge in [0.2, 0.25) is 0 Å². The number of nitrogens with zero attached hydrogens (tertiary/aromatic N) is 1. The number of amides is 1. The van der Waals surface area contributed by atoms with Crippen molar-refractivity contribution in [3.05, 3.63) is 53.1 Å². The quantitative estimate of drug-likeness (QED) is 0.838. The summed E-state index contributed by atoms with van der Waals surface area (Å²) in [6.45, 7) is 0.585. The Morgan fingerprint density at radius 1 is 0.960 bits per heavy atom. The zero-order chi connectivity index (χ0) is 17.6. The van der Waals surface area contributed by atoms with Crippen molar-refractivity contribution in [3.8, 4) is 17.2 Å². The molecule has 0 N–H and O–H groups in total. The largest absolute Gasteiger partial charge is 0.497 e. The van der Waals surface area contributed by atoms with E-state index in [0.29, 0.717) is 18.0 Å². The van der Waals surface area contributed by atoms with E-state index in [0.717, 1.165) is 35.3 Å². The number of methoxy groups -OCH3 is 3. The lowest BCUT2D eigenvalue weighted by Gasteiger charge is -2.25. The van der Waals surface area contributed by atoms with E-state index < -0.39 is 0 Å². The molecule has 0 bridgehead atoms. The van der Waals surface area contributed by atoms with Crippen molar-refractivity contribution in [2.24, 2.45) is 0 Å². The maximum Gasteiger partial charge on any atom is 0.255 e. The summed E-state index contributed by atoms with van der Waals surface area (Å²) in [5, 5.41) is 0. The first-order valence-electron chi connectivity index (χ1n) is 8.34. The zero-order valence-corrected chi connectivity index (χ0v) is 14.7. The average molecular weight is 339 g/mol. The Balaban J connectivity index is 1.69. The Morgan fingerprint density at radius 2 is 1.60 bits per heavy atom. The minimum atomic E-state index is -0.189. The summed E-state index contributed by atoms with van der Waals surface area (Å²) >= 11 is 0. The smallest absolute Gasteiger partial charge is 0.255 e. The molecule has 5 heteroatoms. The van der Waals surface area contributed by atoms with Gasteiger partial charge in [0.1, 0.15) is 5.75 Å². The van der Waals surface area contributed by atoms with Crippen LogP contribution in [0.25, 0.3) is 0 Å². The zero-order valence-electron chi connectivity index (χ0n) is 14.7. The van der Waals surface area contributed by atoms with Crippen LogP contribution in [-0.2, 0) is 12.1 Å². The second-order valence-corrected chi connectivity index (χ2v) is 6.52. The molecule has 0 unspecified atom stereocenters. The molecular weight excluding hydrogens is 318 g/mol. The number of carbonyl (C=O) groups excluding carboxylic acids is 1. The maximum absolute atomic E-state index is 13.1. The molecule has 2 aromatic carbocycles. The molecule has 0 radical (unpaired) electrons. The number of hydrogen-bond donors (Lipinski definition) is 0. The number of benzene rings is 2. The van der Waals surface area contributed by atoms with Crippen LogP contribution in [0.2, 0.25) is 0 Å². The highest BCUT2D eigenvalue weighted by molar-refractivity contribution is 6.01. The van der Waals surface area contributed by atoms with Crippen LogP contribution in [0.15, 0.2) is 36.4 Å². The van der Waals surface area contributed by atoms with Crippen LogP contribution in [-0.4, -0.2) is 32.1 Å². The third-order valence-corrected chi connectivity index (χ3v) is 5.24. The van der Waals surface area contributed by atoms with Crippen molar-refractivity contribution in [1.82, 2.24) is 4.90 Å². The van der Waals surface area contributed by atoms with Crippen molar-refractivity contribution in [2.45, 2.75) is 24.9 Å². The molecule has 25 heavy (non-hydrogen) atoms. The first kappa shape index (κ1) is 15.8. The topological polar surface area (TPSA) is 48.0 Å². The van der Waals surface area contributed by atoms with Crippen LogP contribution in [0, 0.1) is 0 Å². The van der Waals surface area contributed by atoms with E-state index in [-0.39, 0.29) is 11.4 Å². The summed E-state index contributed by atoms with van der Waals surface area (Å²) < 4.78 is 16.0. The lowest BCUT2D eigenvalue weighted by Crippen LogP contribution is -2.32. The number of ether oxygens (including phenoxy) is 3. The highest BCUT2D eigenvalue weighted by atomic mass is 16.5. The van der Waals surface area contributed by atoms with Gasteiger partial charge in [-0.2, -0.15) is 0 Å². The van der Waals surface area contributed by atoms with Crippen LogP contribution in [0.4, 0.5) is 0 Å². The molecule has 1 heterocycles. The lowest BCUT2D eigenvalue weighted by atomic mass is 10.0. The normalized spacial score (nSPS) is 16.8. The van der Waals surface area contributed by atoms with Crippen LogP contribution < -0.4 is 14.2 Å². The van der Waals surface area contributed by atoms with Gasteiger partial charge in [0.25, 0.3) is 5.91 Å². The molecular formula is C20H21NO4. The Labute approximate surface area is 147 Å². The number of hydrogen-bond acceptors (Lipinski definition) is 4. The summed E-state index contributed by atoms with van der Waals surface area (Å²) in [7, 11) is 4.86. The van der Waals surface area contributed by atoms with E-state index >= 15 is 0 Å². The van der Waals surface area contributed by atoms with Crippen molar-refractivity contribution < 1.29 is 19.0 Å². The Bertz CT molecular complexity index is 824. The van der Waals surface area contributed by atoms with E-state index in [9.17, 15) is 4.79 Å². The molecule has 2 aromatic rings. The molecule has 0 atom stereocenters. The van der Waals surface area contributed by atoms with E-state index in [2.05, 4.69) is 0 Å². The number of carbonyl (C=O) groups is 1. The van der Waals surface area contributed by atoms with E-state index in [4.69, 9.17) is 14.2 Å². The van der Waals surface area contributed by atoms with Crippen LogP contribution >= 0.6 is 0 Å². The first-order valence-corrected chi connectivity index (χ1v) is 8.34. The van der Waals surface area contributed by atoms with Gasteiger partial charge in [0.15, 0.2) is 11.5 Å². The standard InChI is InChI=1S/C20H21NO4/c1-23-14-6-4-13(5-7-14)12-21-19(22)15-10-17(24-2)18(25-3)11-16(15)20(21)8-9-20/h4-7,10-11H,8-9,12H2,1-3H3. The second kappa shape index (κ2) is 5.69. The minimum absolute atomic E-state index is 0.0595. The van der Waals surface area contributed by atoms with Crippen LogP contribution in [0.1, 0.15) is 34.3 Å².